The number of carbonyl (C=O) groups excluding carboxylic acids is 2. The second kappa shape index (κ2) is 9.63. The molecule has 0 bridgehead atoms. The van der Waals surface area contributed by atoms with Crippen LogP contribution in [-0.4, -0.2) is 22.8 Å². The standard InChI is InChI=1S/C26H36O4/c1-16(2)9-8-10-18(5)13-14-26(7)24(28)20(12-11-17(3)4)23-22(25(26)29)21(27)15-19(6)30-23/h9,11,13,19,28H,8,10,12,14-15H2,1-7H3/b18-13+. The van der Waals surface area contributed by atoms with Gasteiger partial charge < -0.3 is 9.84 Å². The lowest BCUT2D eigenvalue weighted by molar-refractivity contribution is -0.130. The summed E-state index contributed by atoms with van der Waals surface area (Å²) in [6.07, 6.45) is 8.72. The number of carbonyl (C=O) groups is 2. The van der Waals surface area contributed by atoms with Crippen molar-refractivity contribution in [3.05, 3.63) is 57.6 Å². The maximum atomic E-state index is 13.4. The van der Waals surface area contributed by atoms with Crippen molar-refractivity contribution in [2.45, 2.75) is 86.7 Å². The van der Waals surface area contributed by atoms with E-state index in [0.717, 1.165) is 18.4 Å². The zero-order chi connectivity index (χ0) is 22.6. The number of allylic oxidation sites excluding steroid dienone is 9. The SMILES string of the molecule is CC(C)=CCC/C(C)=C/CC1(C)C(=O)C2=C(OC(C)CC2=O)C(CC=C(C)C)=C1O. The van der Waals surface area contributed by atoms with Crippen LogP contribution in [0.2, 0.25) is 0 Å². The van der Waals surface area contributed by atoms with Crippen LogP contribution in [0.4, 0.5) is 0 Å². The number of Topliss-reactive ketones (excluding diaryl/α,β-unsaturated/α-hetero) is 2. The molecule has 0 saturated heterocycles. The minimum Gasteiger partial charge on any atom is -0.511 e. The van der Waals surface area contributed by atoms with Crippen LogP contribution in [0, 0.1) is 5.41 Å². The Labute approximate surface area is 181 Å². The predicted octanol–water partition coefficient (Wildman–Crippen LogP) is 6.46. The van der Waals surface area contributed by atoms with E-state index in [9.17, 15) is 14.7 Å². The third-order valence-electron chi connectivity index (χ3n) is 5.77. The maximum Gasteiger partial charge on any atom is 0.183 e. The first kappa shape index (κ1) is 23.9. The molecule has 0 spiro atoms. The zero-order valence-corrected chi connectivity index (χ0v) is 19.5. The first-order chi connectivity index (χ1) is 14.0. The Balaban J connectivity index is 2.44. The smallest absolute Gasteiger partial charge is 0.183 e. The van der Waals surface area contributed by atoms with E-state index in [0.29, 0.717) is 18.4 Å². The van der Waals surface area contributed by atoms with Crippen LogP contribution in [0.5, 0.6) is 0 Å². The van der Waals surface area contributed by atoms with Crippen molar-refractivity contribution in [3.8, 4) is 0 Å². The van der Waals surface area contributed by atoms with Crippen LogP contribution in [0.3, 0.4) is 0 Å². The molecule has 0 aromatic carbocycles. The average molecular weight is 413 g/mol. The van der Waals surface area contributed by atoms with E-state index < -0.39 is 5.41 Å². The van der Waals surface area contributed by atoms with Crippen molar-refractivity contribution in [2.24, 2.45) is 5.41 Å². The Bertz CT molecular complexity index is 871. The summed E-state index contributed by atoms with van der Waals surface area (Å²) in [7, 11) is 0. The fraction of sp³-hybridized carbons (Fsp3) is 0.538. The van der Waals surface area contributed by atoms with Crippen molar-refractivity contribution in [1.82, 2.24) is 0 Å². The van der Waals surface area contributed by atoms with E-state index in [2.05, 4.69) is 19.9 Å². The number of hydrogen-bond donors (Lipinski definition) is 1. The molecule has 0 saturated carbocycles. The highest BCUT2D eigenvalue weighted by atomic mass is 16.5. The highest BCUT2D eigenvalue weighted by Crippen LogP contribution is 2.46. The Morgan fingerprint density at radius 1 is 1.10 bits per heavy atom. The van der Waals surface area contributed by atoms with Crippen molar-refractivity contribution in [2.75, 3.05) is 0 Å². The van der Waals surface area contributed by atoms with Crippen molar-refractivity contribution in [3.63, 3.8) is 0 Å². The fourth-order valence-corrected chi connectivity index (χ4v) is 3.82. The first-order valence-electron chi connectivity index (χ1n) is 10.8. The van der Waals surface area contributed by atoms with Gasteiger partial charge >= 0.3 is 0 Å². The van der Waals surface area contributed by atoms with E-state index in [1.165, 1.54) is 11.1 Å². The second-order valence-electron chi connectivity index (χ2n) is 9.31. The van der Waals surface area contributed by atoms with Gasteiger partial charge in [0.25, 0.3) is 0 Å². The molecule has 0 radical (unpaired) electrons. The molecule has 2 unspecified atom stereocenters. The lowest BCUT2D eigenvalue weighted by Crippen LogP contribution is -2.41. The Morgan fingerprint density at radius 2 is 1.73 bits per heavy atom. The van der Waals surface area contributed by atoms with E-state index in [4.69, 9.17) is 4.74 Å². The molecule has 0 amide bonds. The normalized spacial score (nSPS) is 24.5. The van der Waals surface area contributed by atoms with E-state index in [-0.39, 0.29) is 41.2 Å². The van der Waals surface area contributed by atoms with Gasteiger partial charge in [-0.1, -0.05) is 34.9 Å². The molecule has 0 aromatic heterocycles. The largest absolute Gasteiger partial charge is 0.511 e. The predicted molar refractivity (Wildman–Crippen MR) is 121 cm³/mol. The molecule has 1 N–H and O–H groups in total. The lowest BCUT2D eigenvalue weighted by Gasteiger charge is -2.37. The number of rotatable bonds is 7. The van der Waals surface area contributed by atoms with Crippen molar-refractivity contribution < 1.29 is 19.4 Å². The monoisotopic (exact) mass is 412 g/mol. The maximum absolute atomic E-state index is 13.4. The summed E-state index contributed by atoms with van der Waals surface area (Å²) < 4.78 is 5.91. The summed E-state index contributed by atoms with van der Waals surface area (Å²) in [5.41, 5.74) is 3.08. The van der Waals surface area contributed by atoms with Gasteiger partial charge in [-0.3, -0.25) is 9.59 Å². The molecule has 0 fully saturated rings. The van der Waals surface area contributed by atoms with Crippen molar-refractivity contribution >= 4 is 11.6 Å². The summed E-state index contributed by atoms with van der Waals surface area (Å²) in [5.74, 6) is -0.216. The molecule has 0 aromatic rings. The molecule has 1 aliphatic carbocycles. The molecular weight excluding hydrogens is 376 g/mol. The minimum atomic E-state index is -1.15. The lowest BCUT2D eigenvalue weighted by atomic mass is 9.69. The van der Waals surface area contributed by atoms with E-state index in [1.807, 2.05) is 39.8 Å². The highest BCUT2D eigenvalue weighted by molar-refractivity contribution is 6.24. The summed E-state index contributed by atoms with van der Waals surface area (Å²) >= 11 is 0. The highest BCUT2D eigenvalue weighted by Gasteiger charge is 2.49. The molecule has 2 atom stereocenters. The number of ketones is 2. The molecule has 30 heavy (non-hydrogen) atoms. The van der Waals surface area contributed by atoms with Crippen LogP contribution in [0.15, 0.2) is 57.6 Å². The van der Waals surface area contributed by atoms with Gasteiger partial charge in [0.15, 0.2) is 11.6 Å². The molecule has 4 nitrogen and oxygen atoms in total. The van der Waals surface area contributed by atoms with Crippen LogP contribution < -0.4 is 0 Å². The fourth-order valence-electron chi connectivity index (χ4n) is 3.82. The van der Waals surface area contributed by atoms with Crippen LogP contribution in [0.25, 0.3) is 0 Å². The Hall–Kier alpha value is -2.36. The van der Waals surface area contributed by atoms with Gasteiger partial charge in [0.2, 0.25) is 0 Å². The topological polar surface area (TPSA) is 63.6 Å². The molecule has 1 aliphatic heterocycles. The number of ether oxygens (including phenoxy) is 1. The van der Waals surface area contributed by atoms with Crippen LogP contribution in [-0.2, 0) is 14.3 Å². The van der Waals surface area contributed by atoms with Gasteiger partial charge in [0.05, 0.1) is 5.41 Å². The minimum absolute atomic E-state index is 0.0269. The summed E-state index contributed by atoms with van der Waals surface area (Å²) in [4.78, 5) is 26.2. The van der Waals surface area contributed by atoms with Gasteiger partial charge in [-0.25, -0.2) is 0 Å². The number of aliphatic hydroxyl groups excluding tert-OH is 1. The molecule has 164 valence electrons. The quantitative estimate of drug-likeness (QED) is 0.385. The van der Waals surface area contributed by atoms with Gasteiger partial charge in [-0.15, -0.1) is 0 Å². The number of aliphatic hydroxyl groups is 1. The van der Waals surface area contributed by atoms with Gasteiger partial charge in [0.1, 0.15) is 23.2 Å². The van der Waals surface area contributed by atoms with Gasteiger partial charge in [-0.2, -0.15) is 0 Å². The van der Waals surface area contributed by atoms with Crippen LogP contribution >= 0.6 is 0 Å². The summed E-state index contributed by atoms with van der Waals surface area (Å²) in [6.45, 7) is 13.7. The third kappa shape index (κ3) is 5.21. The summed E-state index contributed by atoms with van der Waals surface area (Å²) in [5, 5.41) is 11.2. The van der Waals surface area contributed by atoms with Gasteiger partial charge in [0, 0.05) is 12.0 Å². The first-order valence-corrected chi connectivity index (χ1v) is 10.8. The number of hydrogen-bond acceptors (Lipinski definition) is 4. The molecule has 2 aliphatic rings. The van der Waals surface area contributed by atoms with E-state index in [1.54, 1.807) is 6.92 Å². The van der Waals surface area contributed by atoms with Crippen LogP contribution in [0.1, 0.15) is 80.6 Å². The average Bonchev–Trinajstić information content (AvgIpc) is 2.63. The Kier molecular flexibility index (Phi) is 7.68. The molecular formula is C26H36O4. The third-order valence-corrected chi connectivity index (χ3v) is 5.77. The summed E-state index contributed by atoms with van der Waals surface area (Å²) in [6, 6.07) is 0. The Morgan fingerprint density at radius 3 is 2.33 bits per heavy atom. The van der Waals surface area contributed by atoms with Gasteiger partial charge in [-0.05, 0) is 74.1 Å². The second-order valence-corrected chi connectivity index (χ2v) is 9.31. The molecule has 2 rings (SSSR count). The molecule has 4 heteroatoms. The van der Waals surface area contributed by atoms with Crippen molar-refractivity contribution in [1.29, 1.82) is 0 Å². The van der Waals surface area contributed by atoms with E-state index >= 15 is 0 Å². The zero-order valence-electron chi connectivity index (χ0n) is 19.5. The molecule has 1 heterocycles.